The van der Waals surface area contributed by atoms with Gasteiger partial charge in [-0.1, -0.05) is 0 Å². The van der Waals surface area contributed by atoms with Crippen LogP contribution in [0.4, 0.5) is 23.2 Å². The van der Waals surface area contributed by atoms with Crippen molar-refractivity contribution in [2.75, 3.05) is 18.0 Å². The third-order valence-electron chi connectivity index (χ3n) is 4.57. The quantitative estimate of drug-likeness (QED) is 0.738. The Morgan fingerprint density at radius 2 is 2.00 bits per heavy atom. The Balaban J connectivity index is 1.96. The molecule has 1 aliphatic heterocycles. The van der Waals surface area contributed by atoms with Gasteiger partial charge in [-0.3, -0.25) is 9.89 Å². The number of nitrogens with two attached hydrogens (primary N) is 1. The molecule has 1 aromatic carbocycles. The number of sulfone groups is 1. The van der Waals surface area contributed by atoms with E-state index < -0.39 is 32.0 Å². The summed E-state index contributed by atoms with van der Waals surface area (Å²) in [6, 6.07) is 3.77. The molecule has 0 saturated carbocycles. The zero-order valence-corrected chi connectivity index (χ0v) is 15.1. The third-order valence-corrected chi connectivity index (χ3v) is 6.08. The highest BCUT2D eigenvalue weighted by Crippen LogP contribution is 2.38. The van der Waals surface area contributed by atoms with Gasteiger partial charge >= 0.3 is 5.51 Å². The summed E-state index contributed by atoms with van der Waals surface area (Å²) in [6.45, 7) is 0.450. The molecule has 28 heavy (non-hydrogen) atoms. The van der Waals surface area contributed by atoms with Crippen molar-refractivity contribution in [2.45, 2.75) is 29.2 Å². The van der Waals surface area contributed by atoms with Crippen molar-refractivity contribution < 1.29 is 30.8 Å². The van der Waals surface area contributed by atoms with E-state index in [0.717, 1.165) is 12.1 Å². The number of aromatic amines is 1. The molecule has 152 valence electrons. The van der Waals surface area contributed by atoms with Gasteiger partial charge in [-0.25, -0.2) is 12.8 Å². The molecule has 1 atom stereocenters. The topological polar surface area (TPSA) is 109 Å². The fraction of sp³-hybridized carbons (Fsp3) is 0.375. The first kappa shape index (κ1) is 20.1. The highest BCUT2D eigenvalue weighted by Gasteiger charge is 2.48. The van der Waals surface area contributed by atoms with Crippen molar-refractivity contribution in [3.63, 3.8) is 0 Å². The molecule has 1 saturated heterocycles. The summed E-state index contributed by atoms with van der Waals surface area (Å²) in [5, 5.41) is 6.45. The van der Waals surface area contributed by atoms with Crippen molar-refractivity contribution in [1.29, 1.82) is 0 Å². The molecule has 1 aromatic heterocycles. The number of halogens is 4. The predicted molar refractivity (Wildman–Crippen MR) is 90.9 cm³/mol. The number of nitrogens with zero attached hydrogens (tertiary/aromatic N) is 2. The lowest BCUT2D eigenvalue weighted by molar-refractivity contribution is -0.0435. The summed E-state index contributed by atoms with van der Waals surface area (Å²) in [7, 11) is -5.73. The van der Waals surface area contributed by atoms with Crippen LogP contribution in [0, 0.1) is 5.82 Å². The molecule has 1 aliphatic rings. The van der Waals surface area contributed by atoms with E-state index in [1.165, 1.54) is 11.0 Å². The molecule has 0 unspecified atom stereocenters. The van der Waals surface area contributed by atoms with E-state index in [4.69, 9.17) is 5.73 Å². The lowest BCUT2D eigenvalue weighted by Gasteiger charge is -2.35. The van der Waals surface area contributed by atoms with Crippen LogP contribution in [-0.2, 0) is 9.84 Å². The molecule has 2 heterocycles. The second kappa shape index (κ2) is 7.08. The van der Waals surface area contributed by atoms with Gasteiger partial charge in [-0.15, -0.1) is 0 Å². The zero-order chi connectivity index (χ0) is 20.7. The highest BCUT2D eigenvalue weighted by atomic mass is 32.2. The van der Waals surface area contributed by atoms with Crippen LogP contribution in [0.15, 0.2) is 29.2 Å². The highest BCUT2D eigenvalue weighted by molar-refractivity contribution is 7.92. The number of hydrogen-bond donors (Lipinski definition) is 2. The van der Waals surface area contributed by atoms with Crippen LogP contribution >= 0.6 is 0 Å². The molecule has 0 aliphatic carbocycles. The summed E-state index contributed by atoms with van der Waals surface area (Å²) >= 11 is 0. The SMILES string of the molecule is NC(=O)c1cc([C@H]2CCCN(c3ccc(F)cc3S(=O)(=O)C(F)(F)F)C2)[nH]n1. The largest absolute Gasteiger partial charge is 0.501 e. The number of aromatic nitrogens is 2. The monoisotopic (exact) mass is 420 g/mol. The summed E-state index contributed by atoms with van der Waals surface area (Å²) < 4.78 is 76.5. The van der Waals surface area contributed by atoms with Crippen molar-refractivity contribution in [3.8, 4) is 0 Å². The minimum absolute atomic E-state index is 0.0224. The van der Waals surface area contributed by atoms with Gasteiger partial charge in [-0.05, 0) is 37.1 Å². The number of hydrogen-bond acceptors (Lipinski definition) is 5. The molecular formula is C16H16F4N4O3S. The van der Waals surface area contributed by atoms with Gasteiger partial charge < -0.3 is 10.6 Å². The van der Waals surface area contributed by atoms with Gasteiger partial charge in [0.2, 0.25) is 0 Å². The van der Waals surface area contributed by atoms with Gasteiger partial charge in [0.25, 0.3) is 15.7 Å². The smallest absolute Gasteiger partial charge is 0.370 e. The number of carbonyl (C=O) groups is 1. The van der Waals surface area contributed by atoms with Crippen molar-refractivity contribution in [1.82, 2.24) is 10.2 Å². The molecule has 12 heteroatoms. The maximum Gasteiger partial charge on any atom is 0.501 e. The van der Waals surface area contributed by atoms with Crippen molar-refractivity contribution >= 4 is 21.4 Å². The molecule has 3 N–H and O–H groups in total. The van der Waals surface area contributed by atoms with Gasteiger partial charge in [0.05, 0.1) is 5.69 Å². The normalized spacial score (nSPS) is 18.3. The summed E-state index contributed by atoms with van der Waals surface area (Å²) in [4.78, 5) is 11.5. The van der Waals surface area contributed by atoms with Crippen molar-refractivity contribution in [2.24, 2.45) is 5.73 Å². The van der Waals surface area contributed by atoms with E-state index in [0.29, 0.717) is 31.1 Å². The average Bonchev–Trinajstić information content (AvgIpc) is 3.11. The Morgan fingerprint density at radius 1 is 1.29 bits per heavy atom. The van der Waals surface area contributed by atoms with Crippen LogP contribution in [0.2, 0.25) is 0 Å². The van der Waals surface area contributed by atoms with E-state index in [-0.39, 0.29) is 23.8 Å². The fourth-order valence-corrected chi connectivity index (χ4v) is 4.20. The van der Waals surface area contributed by atoms with Crippen LogP contribution in [-0.4, -0.2) is 43.1 Å². The first-order chi connectivity index (χ1) is 13.0. The minimum atomic E-state index is -5.73. The number of carbonyl (C=O) groups excluding carboxylic acids is 1. The molecule has 1 amide bonds. The number of benzene rings is 1. The van der Waals surface area contributed by atoms with Gasteiger partial charge in [-0.2, -0.15) is 18.3 Å². The van der Waals surface area contributed by atoms with E-state index in [2.05, 4.69) is 10.2 Å². The van der Waals surface area contributed by atoms with Crippen LogP contribution in [0.1, 0.15) is 34.9 Å². The standard InChI is InChI=1S/C16H16F4N4O3S/c17-10-3-4-13(14(6-10)28(26,27)16(18,19)20)24-5-1-2-9(8-24)11-7-12(15(21)25)23-22-11/h3-4,6-7,9H,1-2,5,8H2,(H2,21,25)(H,22,23)/t9-/m0/s1. The number of alkyl halides is 3. The lowest BCUT2D eigenvalue weighted by Crippen LogP contribution is -2.36. The Kier molecular flexibility index (Phi) is 5.08. The number of rotatable bonds is 4. The molecule has 3 rings (SSSR count). The lowest BCUT2D eigenvalue weighted by atomic mass is 9.94. The van der Waals surface area contributed by atoms with Crippen LogP contribution in [0.5, 0.6) is 0 Å². The van der Waals surface area contributed by atoms with Crippen molar-refractivity contribution in [3.05, 3.63) is 41.5 Å². The second-order valence-electron chi connectivity index (χ2n) is 6.42. The molecule has 7 nitrogen and oxygen atoms in total. The van der Waals surface area contributed by atoms with E-state index in [1.807, 2.05) is 0 Å². The van der Waals surface area contributed by atoms with Gasteiger partial charge in [0, 0.05) is 24.7 Å². The number of piperidine rings is 1. The molecule has 0 spiro atoms. The third kappa shape index (κ3) is 3.68. The molecule has 1 fully saturated rings. The first-order valence-electron chi connectivity index (χ1n) is 8.21. The molecule has 0 bridgehead atoms. The maximum atomic E-state index is 13.5. The number of amides is 1. The predicted octanol–water partition coefficient (Wildman–Crippen LogP) is 2.33. The van der Waals surface area contributed by atoms with E-state index in [9.17, 15) is 30.8 Å². The number of anilines is 1. The Labute approximate surface area is 157 Å². The summed E-state index contributed by atoms with van der Waals surface area (Å²) in [6.07, 6.45) is 1.18. The van der Waals surface area contributed by atoms with Crippen LogP contribution < -0.4 is 10.6 Å². The van der Waals surface area contributed by atoms with E-state index >= 15 is 0 Å². The molecular weight excluding hydrogens is 404 g/mol. The first-order valence-corrected chi connectivity index (χ1v) is 9.70. The minimum Gasteiger partial charge on any atom is -0.370 e. The second-order valence-corrected chi connectivity index (χ2v) is 8.33. The number of nitrogens with one attached hydrogen (secondary N) is 1. The van der Waals surface area contributed by atoms with E-state index in [1.54, 1.807) is 0 Å². The maximum absolute atomic E-state index is 13.5. The zero-order valence-electron chi connectivity index (χ0n) is 14.3. The van der Waals surface area contributed by atoms with Crippen LogP contribution in [0.3, 0.4) is 0 Å². The summed E-state index contributed by atoms with van der Waals surface area (Å²) in [5.74, 6) is -2.06. The van der Waals surface area contributed by atoms with Gasteiger partial charge in [0.1, 0.15) is 16.4 Å². The van der Waals surface area contributed by atoms with Crippen LogP contribution in [0.25, 0.3) is 0 Å². The Bertz CT molecular complexity index is 1000. The molecule has 0 radical (unpaired) electrons. The molecule has 2 aromatic rings. The summed E-state index contributed by atoms with van der Waals surface area (Å²) in [5.41, 5.74) is -0.0393. The van der Waals surface area contributed by atoms with Gasteiger partial charge in [0.15, 0.2) is 0 Å². The number of primary amides is 1. The Morgan fingerprint density at radius 3 is 2.61 bits per heavy atom. The number of H-pyrrole nitrogens is 1. The average molecular weight is 420 g/mol. The fourth-order valence-electron chi connectivity index (χ4n) is 3.21. The Hall–Kier alpha value is -2.63.